The predicted octanol–water partition coefficient (Wildman–Crippen LogP) is 4.05. The number of nitrogens with zero attached hydrogens (tertiary/aromatic N) is 4. The lowest BCUT2D eigenvalue weighted by Gasteiger charge is -2.06. The second kappa shape index (κ2) is 7.20. The number of pyridine rings is 1. The van der Waals surface area contributed by atoms with E-state index in [4.69, 9.17) is 0 Å². The van der Waals surface area contributed by atoms with E-state index in [1.807, 2.05) is 13.8 Å². The Bertz CT molecular complexity index is 932. The van der Waals surface area contributed by atoms with Gasteiger partial charge in [-0.15, -0.1) is 11.3 Å². The van der Waals surface area contributed by atoms with Crippen molar-refractivity contribution in [3.63, 3.8) is 0 Å². The number of halogens is 3. The molecule has 0 saturated carbocycles. The minimum absolute atomic E-state index is 0.0499. The Morgan fingerprint density at radius 2 is 1.92 bits per heavy atom. The van der Waals surface area contributed by atoms with Gasteiger partial charge < -0.3 is 0 Å². The number of carbonyl (C=O) groups excluding carboxylic acids is 1. The average molecular weight is 398 g/mol. The van der Waals surface area contributed by atoms with Gasteiger partial charge in [0.15, 0.2) is 5.82 Å². The summed E-state index contributed by atoms with van der Waals surface area (Å²) in [6.45, 7) is 3.77. The summed E-state index contributed by atoms with van der Waals surface area (Å²) < 4.78 is 41.8. The highest BCUT2D eigenvalue weighted by Crippen LogP contribution is 2.29. The summed E-state index contributed by atoms with van der Waals surface area (Å²) in [5.74, 6) is 0.366. The van der Waals surface area contributed by atoms with Crippen molar-refractivity contribution in [2.75, 3.05) is 0 Å². The molecule has 0 amide bonds. The van der Waals surface area contributed by atoms with E-state index in [-0.39, 0.29) is 18.6 Å². The third-order valence-corrected chi connectivity index (χ3v) is 5.23. The standard InChI is InChI=1S/C16H13F3N4OS2/c1-8-14(25-9(2)21-8)15-22-13(26-23-15)6-12(24)5-11-4-3-10(7-20-11)16(17,18)19/h3-4,7H,5-6H2,1-2H3. The lowest BCUT2D eigenvalue weighted by Crippen LogP contribution is -2.10. The van der Waals surface area contributed by atoms with Crippen LogP contribution in [0.1, 0.15) is 27.0 Å². The van der Waals surface area contributed by atoms with Crippen molar-refractivity contribution in [2.24, 2.45) is 0 Å². The molecule has 0 fully saturated rings. The molecule has 0 aliphatic heterocycles. The molecule has 3 heterocycles. The van der Waals surface area contributed by atoms with Gasteiger partial charge in [0, 0.05) is 18.3 Å². The fraction of sp³-hybridized carbons (Fsp3) is 0.312. The molecular formula is C16H13F3N4OS2. The highest BCUT2D eigenvalue weighted by atomic mass is 32.1. The summed E-state index contributed by atoms with van der Waals surface area (Å²) in [4.78, 5) is 25.4. The molecule has 0 saturated heterocycles. The molecule has 0 radical (unpaired) electrons. The third-order valence-electron chi connectivity index (χ3n) is 3.45. The Balaban J connectivity index is 1.65. The molecule has 0 atom stereocenters. The van der Waals surface area contributed by atoms with Crippen LogP contribution in [0.5, 0.6) is 0 Å². The second-order valence-electron chi connectivity index (χ2n) is 5.59. The largest absolute Gasteiger partial charge is 0.417 e. The molecular weight excluding hydrogens is 385 g/mol. The second-order valence-corrected chi connectivity index (χ2v) is 7.63. The quantitative estimate of drug-likeness (QED) is 0.649. The van der Waals surface area contributed by atoms with Crippen LogP contribution in [0.2, 0.25) is 0 Å². The summed E-state index contributed by atoms with van der Waals surface area (Å²) in [5, 5.41) is 1.47. The van der Waals surface area contributed by atoms with Crippen LogP contribution in [-0.4, -0.2) is 25.1 Å². The Morgan fingerprint density at radius 1 is 1.15 bits per heavy atom. The first-order chi connectivity index (χ1) is 12.2. The molecule has 5 nitrogen and oxygen atoms in total. The number of aryl methyl sites for hydroxylation is 2. The predicted molar refractivity (Wildman–Crippen MR) is 92.1 cm³/mol. The van der Waals surface area contributed by atoms with Crippen molar-refractivity contribution in [1.29, 1.82) is 0 Å². The van der Waals surface area contributed by atoms with E-state index in [0.29, 0.717) is 16.5 Å². The molecule has 0 aliphatic rings. The van der Waals surface area contributed by atoms with Crippen molar-refractivity contribution in [3.8, 4) is 10.7 Å². The zero-order valence-electron chi connectivity index (χ0n) is 13.8. The van der Waals surface area contributed by atoms with Crippen molar-refractivity contribution < 1.29 is 18.0 Å². The Hall–Kier alpha value is -2.20. The summed E-state index contributed by atoms with van der Waals surface area (Å²) in [6, 6.07) is 2.14. The van der Waals surface area contributed by atoms with Crippen LogP contribution in [0.4, 0.5) is 13.2 Å². The van der Waals surface area contributed by atoms with Gasteiger partial charge in [0.05, 0.1) is 27.6 Å². The maximum atomic E-state index is 12.5. The Kier molecular flexibility index (Phi) is 5.15. The summed E-state index contributed by atoms with van der Waals surface area (Å²) >= 11 is 2.62. The molecule has 0 aliphatic carbocycles. The lowest BCUT2D eigenvalue weighted by atomic mass is 10.1. The van der Waals surface area contributed by atoms with E-state index in [2.05, 4.69) is 19.3 Å². The van der Waals surface area contributed by atoms with Gasteiger partial charge in [-0.2, -0.15) is 17.5 Å². The van der Waals surface area contributed by atoms with Crippen LogP contribution in [-0.2, 0) is 23.8 Å². The lowest BCUT2D eigenvalue weighted by molar-refractivity contribution is -0.137. The fourth-order valence-corrected chi connectivity index (χ4v) is 3.88. The van der Waals surface area contributed by atoms with E-state index in [0.717, 1.165) is 39.4 Å². The molecule has 0 spiro atoms. The minimum atomic E-state index is -4.44. The Labute approximate surface area is 155 Å². The van der Waals surface area contributed by atoms with Crippen LogP contribution >= 0.6 is 22.9 Å². The van der Waals surface area contributed by atoms with Crippen molar-refractivity contribution >= 4 is 28.7 Å². The smallest absolute Gasteiger partial charge is 0.299 e. The van der Waals surface area contributed by atoms with Gasteiger partial charge in [-0.25, -0.2) is 9.97 Å². The number of rotatable bonds is 5. The fourth-order valence-electron chi connectivity index (χ4n) is 2.29. The van der Waals surface area contributed by atoms with Crippen LogP contribution in [0.3, 0.4) is 0 Å². The zero-order chi connectivity index (χ0) is 18.9. The van der Waals surface area contributed by atoms with Crippen LogP contribution in [0.15, 0.2) is 18.3 Å². The molecule has 10 heteroatoms. The van der Waals surface area contributed by atoms with Gasteiger partial charge in [-0.1, -0.05) is 0 Å². The van der Waals surface area contributed by atoms with Crippen molar-refractivity contribution in [2.45, 2.75) is 32.9 Å². The van der Waals surface area contributed by atoms with Gasteiger partial charge in [-0.3, -0.25) is 9.78 Å². The number of aromatic nitrogens is 4. The van der Waals surface area contributed by atoms with E-state index >= 15 is 0 Å². The Morgan fingerprint density at radius 3 is 2.50 bits per heavy atom. The van der Waals surface area contributed by atoms with E-state index in [9.17, 15) is 18.0 Å². The summed E-state index contributed by atoms with van der Waals surface area (Å²) in [5.41, 5.74) is 0.302. The topological polar surface area (TPSA) is 68.6 Å². The monoisotopic (exact) mass is 398 g/mol. The summed E-state index contributed by atoms with van der Waals surface area (Å²) in [6.07, 6.45) is -3.69. The maximum absolute atomic E-state index is 12.5. The van der Waals surface area contributed by atoms with Gasteiger partial charge in [0.1, 0.15) is 10.8 Å². The number of ketones is 1. The van der Waals surface area contributed by atoms with E-state index < -0.39 is 11.7 Å². The SMILES string of the molecule is Cc1nc(C)c(-c2nsc(CC(=O)Cc3ccc(C(F)(F)F)cn3)n2)s1. The maximum Gasteiger partial charge on any atom is 0.417 e. The molecule has 0 unspecified atom stereocenters. The van der Waals surface area contributed by atoms with Crippen LogP contribution < -0.4 is 0 Å². The van der Waals surface area contributed by atoms with E-state index in [1.54, 1.807) is 0 Å². The first-order valence-corrected chi connectivity index (χ1v) is 9.12. The van der Waals surface area contributed by atoms with Gasteiger partial charge in [-0.05, 0) is 37.5 Å². The normalized spacial score (nSPS) is 11.7. The number of alkyl halides is 3. The average Bonchev–Trinajstić information content (AvgIpc) is 3.12. The molecule has 0 N–H and O–H groups in total. The van der Waals surface area contributed by atoms with Crippen molar-refractivity contribution in [3.05, 3.63) is 45.3 Å². The highest BCUT2D eigenvalue weighted by molar-refractivity contribution is 7.15. The van der Waals surface area contributed by atoms with Crippen LogP contribution in [0.25, 0.3) is 10.7 Å². The first kappa shape index (κ1) is 18.6. The van der Waals surface area contributed by atoms with Gasteiger partial charge in [0.2, 0.25) is 0 Å². The molecule has 0 aromatic carbocycles. The molecule has 136 valence electrons. The summed E-state index contributed by atoms with van der Waals surface area (Å²) in [7, 11) is 0. The number of Topliss-reactive ketones (excluding diaryl/α,β-unsaturated/α-hetero) is 1. The van der Waals surface area contributed by atoms with Crippen molar-refractivity contribution in [1.82, 2.24) is 19.3 Å². The molecule has 3 aromatic heterocycles. The van der Waals surface area contributed by atoms with Gasteiger partial charge in [0.25, 0.3) is 0 Å². The van der Waals surface area contributed by atoms with E-state index in [1.165, 1.54) is 17.4 Å². The van der Waals surface area contributed by atoms with Gasteiger partial charge >= 0.3 is 6.18 Å². The molecule has 3 rings (SSSR count). The number of hydrogen-bond donors (Lipinski definition) is 0. The zero-order valence-corrected chi connectivity index (χ0v) is 15.4. The highest BCUT2D eigenvalue weighted by Gasteiger charge is 2.30. The molecule has 3 aromatic rings. The minimum Gasteiger partial charge on any atom is -0.299 e. The number of carbonyl (C=O) groups is 1. The molecule has 26 heavy (non-hydrogen) atoms. The third kappa shape index (κ3) is 4.31. The number of hydrogen-bond acceptors (Lipinski definition) is 7. The number of thiazole rings is 1. The molecule has 0 bridgehead atoms. The van der Waals surface area contributed by atoms with Crippen LogP contribution in [0, 0.1) is 13.8 Å². The first-order valence-electron chi connectivity index (χ1n) is 7.53.